The van der Waals surface area contributed by atoms with Gasteiger partial charge in [-0.15, -0.1) is 0 Å². The van der Waals surface area contributed by atoms with E-state index in [1.165, 1.54) is 16.7 Å². The second-order valence-electron chi connectivity index (χ2n) is 5.67. The molecule has 4 nitrogen and oxygen atoms in total. The highest BCUT2D eigenvalue weighted by Crippen LogP contribution is 2.21. The number of benzene rings is 1. The van der Waals surface area contributed by atoms with Crippen LogP contribution in [0.4, 0.5) is 0 Å². The first-order valence-corrected chi connectivity index (χ1v) is 8.01. The molecular formula is C19H22N4. The van der Waals surface area contributed by atoms with Crippen molar-refractivity contribution in [3.05, 3.63) is 72.3 Å². The van der Waals surface area contributed by atoms with Gasteiger partial charge in [0.25, 0.3) is 0 Å². The van der Waals surface area contributed by atoms with Gasteiger partial charge in [-0.2, -0.15) is 5.10 Å². The Hall–Kier alpha value is -2.46. The molecule has 2 aromatic heterocycles. The lowest BCUT2D eigenvalue weighted by Crippen LogP contribution is -2.17. The van der Waals surface area contributed by atoms with Crippen LogP contribution in [0.1, 0.15) is 31.0 Å². The molecule has 118 valence electrons. The Kier molecular flexibility index (Phi) is 4.83. The zero-order valence-electron chi connectivity index (χ0n) is 13.6. The number of hydrogen-bond donors (Lipinski definition) is 1. The summed E-state index contributed by atoms with van der Waals surface area (Å²) in [4.78, 5) is 4.17. The van der Waals surface area contributed by atoms with Crippen LogP contribution in [0.2, 0.25) is 0 Å². The van der Waals surface area contributed by atoms with Crippen LogP contribution in [-0.2, 0) is 13.1 Å². The second kappa shape index (κ2) is 7.20. The van der Waals surface area contributed by atoms with Crippen molar-refractivity contribution in [1.82, 2.24) is 20.1 Å². The number of hydrogen-bond acceptors (Lipinski definition) is 3. The standard InChI is InChI=1S/C19H22N4/c1-3-23-14-16(12-22-23)11-21-15(2)17-6-8-18(9-7-17)19-5-4-10-20-13-19/h4-10,12-15,21H,3,11H2,1-2H3/t15-/m1/s1. The fourth-order valence-corrected chi connectivity index (χ4v) is 2.56. The molecule has 0 radical (unpaired) electrons. The van der Waals surface area contributed by atoms with Gasteiger partial charge in [0.2, 0.25) is 0 Å². The molecule has 0 aliphatic carbocycles. The van der Waals surface area contributed by atoms with Gasteiger partial charge in [-0.3, -0.25) is 9.67 Å². The van der Waals surface area contributed by atoms with Gasteiger partial charge >= 0.3 is 0 Å². The molecule has 0 amide bonds. The van der Waals surface area contributed by atoms with E-state index in [-0.39, 0.29) is 0 Å². The molecule has 1 atom stereocenters. The van der Waals surface area contributed by atoms with Crippen LogP contribution >= 0.6 is 0 Å². The molecule has 0 saturated carbocycles. The molecule has 1 N–H and O–H groups in total. The predicted octanol–water partition coefficient (Wildman–Crippen LogP) is 3.82. The molecule has 4 heteroatoms. The van der Waals surface area contributed by atoms with E-state index in [4.69, 9.17) is 0 Å². The van der Waals surface area contributed by atoms with E-state index in [1.807, 2.05) is 23.1 Å². The number of aromatic nitrogens is 3. The molecule has 2 heterocycles. The molecule has 3 rings (SSSR count). The third-order valence-corrected chi connectivity index (χ3v) is 4.03. The number of pyridine rings is 1. The van der Waals surface area contributed by atoms with Crippen LogP contribution < -0.4 is 5.32 Å². The normalized spacial score (nSPS) is 12.3. The van der Waals surface area contributed by atoms with Crippen molar-refractivity contribution in [2.24, 2.45) is 0 Å². The monoisotopic (exact) mass is 306 g/mol. The summed E-state index contributed by atoms with van der Waals surface area (Å²) in [6, 6.07) is 13.0. The smallest absolute Gasteiger partial charge is 0.0534 e. The van der Waals surface area contributed by atoms with Gasteiger partial charge in [-0.05, 0) is 36.6 Å². The molecule has 0 bridgehead atoms. The Morgan fingerprint density at radius 3 is 2.57 bits per heavy atom. The number of rotatable bonds is 6. The summed E-state index contributed by atoms with van der Waals surface area (Å²) in [5.74, 6) is 0. The molecule has 3 aromatic rings. The van der Waals surface area contributed by atoms with E-state index >= 15 is 0 Å². The van der Waals surface area contributed by atoms with Crippen LogP contribution in [0.5, 0.6) is 0 Å². The highest BCUT2D eigenvalue weighted by Gasteiger charge is 2.06. The number of nitrogens with zero attached hydrogens (tertiary/aromatic N) is 3. The highest BCUT2D eigenvalue weighted by atomic mass is 15.3. The van der Waals surface area contributed by atoms with Gasteiger partial charge < -0.3 is 5.32 Å². The van der Waals surface area contributed by atoms with Crippen molar-refractivity contribution in [2.45, 2.75) is 33.0 Å². The largest absolute Gasteiger partial charge is 0.306 e. The lowest BCUT2D eigenvalue weighted by molar-refractivity contribution is 0.574. The molecule has 0 aliphatic heterocycles. The molecule has 0 aliphatic rings. The Morgan fingerprint density at radius 2 is 1.91 bits per heavy atom. The molecule has 23 heavy (non-hydrogen) atoms. The fraction of sp³-hybridized carbons (Fsp3) is 0.263. The van der Waals surface area contributed by atoms with Gasteiger partial charge in [0, 0.05) is 43.3 Å². The average Bonchev–Trinajstić information content (AvgIpc) is 3.09. The molecule has 0 fully saturated rings. The van der Waals surface area contributed by atoms with E-state index in [0.717, 1.165) is 18.7 Å². The fourth-order valence-electron chi connectivity index (χ4n) is 2.56. The summed E-state index contributed by atoms with van der Waals surface area (Å²) < 4.78 is 1.95. The third-order valence-electron chi connectivity index (χ3n) is 4.03. The lowest BCUT2D eigenvalue weighted by Gasteiger charge is -2.14. The number of nitrogens with one attached hydrogen (secondary N) is 1. The molecular weight excluding hydrogens is 284 g/mol. The maximum atomic E-state index is 4.30. The van der Waals surface area contributed by atoms with Crippen molar-refractivity contribution in [2.75, 3.05) is 0 Å². The maximum absolute atomic E-state index is 4.30. The summed E-state index contributed by atoms with van der Waals surface area (Å²) in [6.45, 7) is 6.01. The summed E-state index contributed by atoms with van der Waals surface area (Å²) in [6.07, 6.45) is 7.70. The first kappa shape index (κ1) is 15.4. The van der Waals surface area contributed by atoms with Gasteiger partial charge in [0.05, 0.1) is 6.20 Å². The van der Waals surface area contributed by atoms with Crippen molar-refractivity contribution >= 4 is 0 Å². The Bertz CT molecular complexity index is 732. The van der Waals surface area contributed by atoms with Gasteiger partial charge in [0.15, 0.2) is 0 Å². The zero-order chi connectivity index (χ0) is 16.1. The third kappa shape index (κ3) is 3.85. The van der Waals surface area contributed by atoms with Crippen LogP contribution in [0.3, 0.4) is 0 Å². The minimum absolute atomic E-state index is 0.294. The topological polar surface area (TPSA) is 42.7 Å². The van der Waals surface area contributed by atoms with E-state index in [1.54, 1.807) is 6.20 Å². The zero-order valence-corrected chi connectivity index (χ0v) is 13.6. The molecule has 0 saturated heterocycles. The van der Waals surface area contributed by atoms with Crippen molar-refractivity contribution in [1.29, 1.82) is 0 Å². The van der Waals surface area contributed by atoms with Crippen molar-refractivity contribution < 1.29 is 0 Å². The van der Waals surface area contributed by atoms with E-state index in [0.29, 0.717) is 6.04 Å². The first-order valence-electron chi connectivity index (χ1n) is 8.01. The van der Waals surface area contributed by atoms with E-state index < -0.39 is 0 Å². The SMILES string of the molecule is CCn1cc(CN[C@H](C)c2ccc(-c3cccnc3)cc2)cn1. The minimum atomic E-state index is 0.294. The Labute approximate surface area is 137 Å². The Morgan fingerprint density at radius 1 is 1.09 bits per heavy atom. The van der Waals surface area contributed by atoms with E-state index in [9.17, 15) is 0 Å². The van der Waals surface area contributed by atoms with Gasteiger partial charge in [-0.1, -0.05) is 30.3 Å². The molecule has 1 aromatic carbocycles. The first-order chi connectivity index (χ1) is 11.3. The maximum Gasteiger partial charge on any atom is 0.0534 e. The second-order valence-corrected chi connectivity index (χ2v) is 5.67. The van der Waals surface area contributed by atoms with Gasteiger partial charge in [-0.25, -0.2) is 0 Å². The van der Waals surface area contributed by atoms with Crippen LogP contribution in [0, 0.1) is 0 Å². The minimum Gasteiger partial charge on any atom is -0.306 e. The quantitative estimate of drug-likeness (QED) is 0.753. The summed E-state index contributed by atoms with van der Waals surface area (Å²) >= 11 is 0. The van der Waals surface area contributed by atoms with Crippen LogP contribution in [-0.4, -0.2) is 14.8 Å². The van der Waals surface area contributed by atoms with Crippen molar-refractivity contribution in [3.8, 4) is 11.1 Å². The molecule has 0 spiro atoms. The van der Waals surface area contributed by atoms with Gasteiger partial charge in [0.1, 0.15) is 0 Å². The number of aryl methyl sites for hydroxylation is 1. The van der Waals surface area contributed by atoms with E-state index in [2.05, 4.69) is 65.8 Å². The highest BCUT2D eigenvalue weighted by molar-refractivity contribution is 5.62. The molecule has 0 unspecified atom stereocenters. The van der Waals surface area contributed by atoms with Crippen molar-refractivity contribution in [3.63, 3.8) is 0 Å². The van der Waals surface area contributed by atoms with Crippen LogP contribution in [0.15, 0.2) is 61.2 Å². The summed E-state index contributed by atoms with van der Waals surface area (Å²) in [5, 5.41) is 7.85. The van der Waals surface area contributed by atoms with Crippen LogP contribution in [0.25, 0.3) is 11.1 Å². The average molecular weight is 306 g/mol. The summed E-state index contributed by atoms with van der Waals surface area (Å²) in [7, 11) is 0. The summed E-state index contributed by atoms with van der Waals surface area (Å²) in [5.41, 5.74) is 4.83. The lowest BCUT2D eigenvalue weighted by atomic mass is 10.0. The Balaban J connectivity index is 1.62. The predicted molar refractivity (Wildman–Crippen MR) is 92.8 cm³/mol.